The number of hydrogen-bond donors (Lipinski definition) is 0. The van der Waals surface area contributed by atoms with Crippen molar-refractivity contribution in [3.05, 3.63) is 98.3 Å². The van der Waals surface area contributed by atoms with Gasteiger partial charge in [-0.05, 0) is 42.0 Å². The molecule has 0 N–H and O–H groups in total. The average molecular weight is 458 g/mol. The number of halogens is 2. The van der Waals surface area contributed by atoms with Crippen LogP contribution in [0.15, 0.2) is 86.7 Å². The highest BCUT2D eigenvalue weighted by Gasteiger charge is 2.11. The molecule has 1 heterocycles. The minimum absolute atomic E-state index is 0.0726. The van der Waals surface area contributed by atoms with E-state index < -0.39 is 0 Å². The number of hydrogen-bond acceptors (Lipinski definition) is 4. The molecule has 3 aromatic carbocycles. The normalized spacial score (nSPS) is 10.8. The van der Waals surface area contributed by atoms with Crippen LogP contribution >= 0.6 is 27.5 Å². The van der Waals surface area contributed by atoms with Crippen LogP contribution in [-0.4, -0.2) is 0 Å². The molecule has 0 spiro atoms. The van der Waals surface area contributed by atoms with Gasteiger partial charge in [-0.3, -0.25) is 4.79 Å². The summed E-state index contributed by atoms with van der Waals surface area (Å²) in [5, 5.41) is 0.817. The maximum absolute atomic E-state index is 12.7. The topological polar surface area (TPSA) is 48.7 Å². The van der Waals surface area contributed by atoms with E-state index in [-0.39, 0.29) is 11.2 Å². The standard InChI is InChI=1S/C22H14BrClO4/c23-15-5-3-4-14(10-15)12-26-16-8-9-17-20(11-16)27-13-21(22(17)25)28-19-7-2-1-6-18(19)24/h1-11,13H,12H2. The molecule has 140 valence electrons. The maximum atomic E-state index is 12.7. The summed E-state index contributed by atoms with van der Waals surface area (Å²) in [4.78, 5) is 12.7. The van der Waals surface area contributed by atoms with Gasteiger partial charge < -0.3 is 13.9 Å². The van der Waals surface area contributed by atoms with Crippen LogP contribution < -0.4 is 14.9 Å². The third-order valence-corrected chi connectivity index (χ3v) is 4.87. The molecule has 0 saturated heterocycles. The van der Waals surface area contributed by atoms with Gasteiger partial charge in [-0.2, -0.15) is 0 Å². The smallest absolute Gasteiger partial charge is 0.235 e. The summed E-state index contributed by atoms with van der Waals surface area (Å²) >= 11 is 9.52. The van der Waals surface area contributed by atoms with Crippen molar-refractivity contribution >= 4 is 38.5 Å². The monoisotopic (exact) mass is 456 g/mol. The molecule has 28 heavy (non-hydrogen) atoms. The minimum atomic E-state index is -0.278. The zero-order chi connectivity index (χ0) is 19.5. The molecule has 0 aliphatic carbocycles. The molecule has 0 unspecified atom stereocenters. The molecule has 0 saturated carbocycles. The van der Waals surface area contributed by atoms with Crippen molar-refractivity contribution in [2.24, 2.45) is 0 Å². The van der Waals surface area contributed by atoms with Gasteiger partial charge >= 0.3 is 0 Å². The fraction of sp³-hybridized carbons (Fsp3) is 0.0455. The molecule has 4 nitrogen and oxygen atoms in total. The van der Waals surface area contributed by atoms with E-state index in [9.17, 15) is 4.79 Å². The molecule has 0 bridgehead atoms. The van der Waals surface area contributed by atoms with Gasteiger partial charge in [0.2, 0.25) is 11.2 Å². The zero-order valence-electron chi connectivity index (χ0n) is 14.5. The highest BCUT2D eigenvalue weighted by molar-refractivity contribution is 9.10. The highest BCUT2D eigenvalue weighted by atomic mass is 79.9. The van der Waals surface area contributed by atoms with E-state index in [1.807, 2.05) is 24.3 Å². The van der Waals surface area contributed by atoms with Crippen LogP contribution in [0.25, 0.3) is 11.0 Å². The number of fused-ring (bicyclic) bond motifs is 1. The van der Waals surface area contributed by atoms with Gasteiger partial charge in [-0.25, -0.2) is 0 Å². The summed E-state index contributed by atoms with van der Waals surface area (Å²) in [5.74, 6) is 1.07. The lowest BCUT2D eigenvalue weighted by atomic mass is 10.2. The number of benzene rings is 3. The summed E-state index contributed by atoms with van der Waals surface area (Å²) in [5.41, 5.74) is 1.17. The van der Waals surface area contributed by atoms with Gasteiger partial charge in [0.1, 0.15) is 30.0 Å². The van der Waals surface area contributed by atoms with Gasteiger partial charge in [0, 0.05) is 10.5 Å². The second-order valence-corrected chi connectivity index (χ2v) is 7.36. The van der Waals surface area contributed by atoms with Crippen LogP contribution in [0.1, 0.15) is 5.56 Å². The SMILES string of the molecule is O=c1c(Oc2ccccc2Cl)coc2cc(OCc3cccc(Br)c3)ccc12. The van der Waals surface area contributed by atoms with Crippen molar-refractivity contribution in [1.82, 2.24) is 0 Å². The van der Waals surface area contributed by atoms with Crippen LogP contribution in [0.3, 0.4) is 0 Å². The van der Waals surface area contributed by atoms with Crippen molar-refractivity contribution in [3.8, 4) is 17.2 Å². The van der Waals surface area contributed by atoms with Crippen LogP contribution in [0.4, 0.5) is 0 Å². The highest BCUT2D eigenvalue weighted by Crippen LogP contribution is 2.29. The Hall–Kier alpha value is -2.76. The third-order valence-electron chi connectivity index (χ3n) is 4.07. The molecular weight excluding hydrogens is 444 g/mol. The first-order valence-electron chi connectivity index (χ1n) is 8.45. The second kappa shape index (κ2) is 8.09. The van der Waals surface area contributed by atoms with Gasteiger partial charge in [0.25, 0.3) is 0 Å². The molecule has 1 aromatic heterocycles. The van der Waals surface area contributed by atoms with Crippen LogP contribution in [-0.2, 0) is 6.61 Å². The molecular formula is C22H14BrClO4. The molecule has 0 amide bonds. The molecule has 0 aliphatic rings. The van der Waals surface area contributed by atoms with Gasteiger partial charge in [0.15, 0.2) is 0 Å². The first-order chi connectivity index (χ1) is 13.6. The Morgan fingerprint density at radius 3 is 2.64 bits per heavy atom. The van der Waals surface area contributed by atoms with Gasteiger partial charge in [0.05, 0.1) is 10.4 Å². The number of para-hydroxylation sites is 1. The van der Waals surface area contributed by atoms with Gasteiger partial charge in [-0.15, -0.1) is 0 Å². The molecule has 0 fully saturated rings. The predicted octanol–water partition coefficient (Wildman–Crippen LogP) is 6.58. The number of ether oxygens (including phenoxy) is 2. The minimum Gasteiger partial charge on any atom is -0.489 e. The lowest BCUT2D eigenvalue weighted by molar-refractivity contribution is 0.306. The molecule has 4 aromatic rings. The van der Waals surface area contributed by atoms with E-state index in [2.05, 4.69) is 15.9 Å². The van der Waals surface area contributed by atoms with Crippen molar-refractivity contribution in [1.29, 1.82) is 0 Å². The molecule has 4 rings (SSSR count). The summed E-state index contributed by atoms with van der Waals surface area (Å²) < 4.78 is 18.0. The molecule has 0 radical (unpaired) electrons. The summed E-state index contributed by atoms with van der Waals surface area (Å²) in [6, 6.07) is 19.9. The Labute approximate surface area is 174 Å². The van der Waals surface area contributed by atoms with Crippen molar-refractivity contribution in [2.75, 3.05) is 0 Å². The molecule has 0 aliphatic heterocycles. The van der Waals surface area contributed by atoms with Crippen LogP contribution in [0.2, 0.25) is 5.02 Å². The summed E-state index contributed by atoms with van der Waals surface area (Å²) in [7, 11) is 0. The van der Waals surface area contributed by atoms with E-state index in [1.54, 1.807) is 42.5 Å². The number of rotatable bonds is 5. The maximum Gasteiger partial charge on any atom is 0.235 e. The molecule has 6 heteroatoms. The van der Waals surface area contributed by atoms with Crippen LogP contribution in [0.5, 0.6) is 17.2 Å². The zero-order valence-corrected chi connectivity index (χ0v) is 16.9. The first kappa shape index (κ1) is 18.6. The summed E-state index contributed by atoms with van der Waals surface area (Å²) in [6.45, 7) is 0.406. The lowest BCUT2D eigenvalue weighted by Crippen LogP contribution is -2.05. The lowest BCUT2D eigenvalue weighted by Gasteiger charge is -2.09. The third kappa shape index (κ3) is 4.06. The van der Waals surface area contributed by atoms with Gasteiger partial charge in [-0.1, -0.05) is 51.8 Å². The van der Waals surface area contributed by atoms with Crippen molar-refractivity contribution in [3.63, 3.8) is 0 Å². The van der Waals surface area contributed by atoms with Crippen molar-refractivity contribution in [2.45, 2.75) is 6.61 Å². The fourth-order valence-corrected chi connectivity index (χ4v) is 3.31. The second-order valence-electron chi connectivity index (χ2n) is 6.04. The van der Waals surface area contributed by atoms with E-state index in [1.165, 1.54) is 6.26 Å². The molecule has 0 atom stereocenters. The largest absolute Gasteiger partial charge is 0.489 e. The van der Waals surface area contributed by atoms with E-state index >= 15 is 0 Å². The first-order valence-corrected chi connectivity index (χ1v) is 9.62. The quantitative estimate of drug-likeness (QED) is 0.340. The van der Waals surface area contributed by atoms with E-state index in [0.717, 1.165) is 10.0 Å². The van der Waals surface area contributed by atoms with E-state index in [0.29, 0.717) is 34.1 Å². The average Bonchev–Trinajstić information content (AvgIpc) is 2.70. The summed E-state index contributed by atoms with van der Waals surface area (Å²) in [6.07, 6.45) is 1.28. The Bertz CT molecular complexity index is 1200. The van der Waals surface area contributed by atoms with Crippen LogP contribution in [0, 0.1) is 0 Å². The predicted molar refractivity (Wildman–Crippen MR) is 112 cm³/mol. The Balaban J connectivity index is 1.57. The fourth-order valence-electron chi connectivity index (χ4n) is 2.69. The Kier molecular flexibility index (Phi) is 5.37. The van der Waals surface area contributed by atoms with Crippen molar-refractivity contribution < 1.29 is 13.9 Å². The Morgan fingerprint density at radius 2 is 1.82 bits per heavy atom. The van der Waals surface area contributed by atoms with E-state index in [4.69, 9.17) is 25.5 Å². The Morgan fingerprint density at radius 1 is 0.964 bits per heavy atom.